The Kier molecular flexibility index (Phi) is 8.24. The SMILES string of the molecule is C[NH2+]CC[C@]1(C(=O)O[C@@H]2CC3C(CC4OC(C)CC(=O)C4C3O)OC2(C)C)O[C@@H]1CCC1CC[NH2+]C(N)C1. The molecule has 1 aliphatic carbocycles. The average molecular weight is 540 g/mol. The van der Waals surface area contributed by atoms with Crippen molar-refractivity contribution >= 4 is 11.8 Å². The van der Waals surface area contributed by atoms with Gasteiger partial charge in [0.1, 0.15) is 18.1 Å². The summed E-state index contributed by atoms with van der Waals surface area (Å²) in [4.78, 5) is 26.5. The molecule has 0 bridgehead atoms. The van der Waals surface area contributed by atoms with E-state index < -0.39 is 29.3 Å². The van der Waals surface area contributed by atoms with Crippen molar-refractivity contribution in [1.82, 2.24) is 0 Å². The number of epoxide rings is 1. The van der Waals surface area contributed by atoms with Crippen LogP contribution in [0.2, 0.25) is 0 Å². The Morgan fingerprint density at radius 3 is 2.74 bits per heavy atom. The summed E-state index contributed by atoms with van der Waals surface area (Å²) in [6.45, 7) is 7.60. The summed E-state index contributed by atoms with van der Waals surface area (Å²) in [5, 5.41) is 15.5. The van der Waals surface area contributed by atoms with Gasteiger partial charge in [-0.05, 0) is 52.4 Å². The molecule has 0 aromatic carbocycles. The van der Waals surface area contributed by atoms with E-state index in [1.807, 2.05) is 27.8 Å². The van der Waals surface area contributed by atoms with E-state index in [1.165, 1.54) is 0 Å². The monoisotopic (exact) mass is 539 g/mol. The van der Waals surface area contributed by atoms with Gasteiger partial charge >= 0.3 is 5.97 Å². The van der Waals surface area contributed by atoms with Crippen LogP contribution in [-0.2, 0) is 28.5 Å². The quantitative estimate of drug-likeness (QED) is 0.226. The van der Waals surface area contributed by atoms with E-state index in [2.05, 4.69) is 10.6 Å². The van der Waals surface area contributed by atoms with E-state index in [1.54, 1.807) is 0 Å². The smallest absolute Gasteiger partial charge is 0.341 e. The van der Waals surface area contributed by atoms with Crippen molar-refractivity contribution in [3.63, 3.8) is 0 Å². The number of carbonyl (C=O) groups is 2. The van der Waals surface area contributed by atoms with Crippen molar-refractivity contribution in [3.8, 4) is 0 Å². The van der Waals surface area contributed by atoms with Gasteiger partial charge in [0.25, 0.3) is 0 Å². The maximum Gasteiger partial charge on any atom is 0.341 e. The van der Waals surface area contributed by atoms with Crippen LogP contribution < -0.4 is 16.4 Å². The molecule has 8 unspecified atom stereocenters. The molecule has 5 fully saturated rings. The number of ketones is 1. The normalized spacial score (nSPS) is 46.1. The predicted octanol–water partition coefficient (Wildman–Crippen LogP) is -1.03. The summed E-state index contributed by atoms with van der Waals surface area (Å²) in [6.07, 6.45) is 3.80. The summed E-state index contributed by atoms with van der Waals surface area (Å²) in [7, 11) is 1.99. The zero-order valence-electron chi connectivity index (χ0n) is 23.5. The molecule has 0 aromatic rings. The van der Waals surface area contributed by atoms with Crippen LogP contribution in [0.1, 0.15) is 72.1 Å². The minimum Gasteiger partial charge on any atom is -0.457 e. The molecule has 10 heteroatoms. The van der Waals surface area contributed by atoms with Crippen molar-refractivity contribution in [1.29, 1.82) is 0 Å². The fraction of sp³-hybridized carbons (Fsp3) is 0.929. The van der Waals surface area contributed by atoms with Crippen LogP contribution in [0.3, 0.4) is 0 Å². The zero-order chi connectivity index (χ0) is 27.2. The molecule has 7 N–H and O–H groups in total. The second-order valence-corrected chi connectivity index (χ2v) is 13.1. The summed E-state index contributed by atoms with van der Waals surface area (Å²) in [5.74, 6) is -0.529. The van der Waals surface area contributed by atoms with Crippen molar-refractivity contribution in [2.45, 2.75) is 126 Å². The van der Waals surface area contributed by atoms with Crippen LogP contribution in [0.25, 0.3) is 0 Å². The van der Waals surface area contributed by atoms with Gasteiger partial charge in [0, 0.05) is 31.6 Å². The lowest BCUT2D eigenvalue weighted by molar-refractivity contribution is -0.699. The second kappa shape index (κ2) is 11.0. The lowest BCUT2D eigenvalue weighted by Gasteiger charge is -2.53. The van der Waals surface area contributed by atoms with Gasteiger partial charge in [0.05, 0.1) is 62.2 Å². The molecule has 4 aliphatic heterocycles. The van der Waals surface area contributed by atoms with E-state index in [0.717, 1.165) is 38.8 Å². The van der Waals surface area contributed by atoms with Gasteiger partial charge in [0.15, 0.2) is 5.60 Å². The fourth-order valence-corrected chi connectivity index (χ4v) is 7.57. The molecule has 4 heterocycles. The molecule has 5 rings (SSSR count). The fourth-order valence-electron chi connectivity index (χ4n) is 7.57. The first-order chi connectivity index (χ1) is 18.0. The van der Waals surface area contributed by atoms with Crippen LogP contribution >= 0.6 is 0 Å². The lowest BCUT2D eigenvalue weighted by atomic mass is 9.67. The van der Waals surface area contributed by atoms with Crippen molar-refractivity contribution in [2.75, 3.05) is 20.1 Å². The molecule has 216 valence electrons. The molecule has 5 aliphatic rings. The standard InChI is InChI=1S/C28H47N3O7/c1-15-11-18(32)24-20(35-15)14-19-17(25(24)33)13-22(27(2,3)37-19)36-26(34)28(8-10-30-4)21(38-28)6-5-16-7-9-31-23(29)12-16/h15-17,19-25,30-31,33H,5-14,29H2,1-4H3/p+2/t15?,16?,17?,19?,20?,21-,22-,23?,24?,25?,28+/m1/s1. The van der Waals surface area contributed by atoms with Crippen molar-refractivity contribution in [2.24, 2.45) is 23.5 Å². The summed E-state index contributed by atoms with van der Waals surface area (Å²) in [5.41, 5.74) is 4.48. The molecule has 0 aromatic heterocycles. The Hall–Kier alpha value is -1.14. The molecule has 0 radical (unpaired) electrons. The minimum atomic E-state index is -0.915. The summed E-state index contributed by atoms with van der Waals surface area (Å²) < 4.78 is 24.8. The number of piperidine rings is 1. The molecule has 10 nitrogen and oxygen atoms in total. The van der Waals surface area contributed by atoms with Gasteiger partial charge in [-0.15, -0.1) is 0 Å². The van der Waals surface area contributed by atoms with E-state index in [0.29, 0.717) is 31.6 Å². The number of Topliss-reactive ketones (excluding diaryl/α,β-unsaturated/α-hetero) is 1. The number of hydrogen-bond donors (Lipinski definition) is 4. The second-order valence-electron chi connectivity index (χ2n) is 13.1. The number of fused-ring (bicyclic) bond motifs is 2. The maximum atomic E-state index is 13.7. The van der Waals surface area contributed by atoms with Gasteiger partial charge in [-0.1, -0.05) is 0 Å². The van der Waals surface area contributed by atoms with Gasteiger partial charge in [0.2, 0.25) is 0 Å². The number of hydrogen-bond acceptors (Lipinski definition) is 8. The molecule has 1 saturated carbocycles. The van der Waals surface area contributed by atoms with Crippen LogP contribution in [-0.4, -0.2) is 91.0 Å². The topological polar surface area (TPSA) is 154 Å². The highest BCUT2D eigenvalue weighted by atomic mass is 16.7. The molecule has 0 spiro atoms. The largest absolute Gasteiger partial charge is 0.457 e. The van der Waals surface area contributed by atoms with Gasteiger partial charge < -0.3 is 34.7 Å². The third-order valence-electron chi connectivity index (χ3n) is 9.84. The number of quaternary nitrogens is 2. The number of nitrogens with two attached hydrogens (primary N) is 3. The van der Waals surface area contributed by atoms with Gasteiger partial charge in [-0.25, -0.2) is 4.79 Å². The Morgan fingerprint density at radius 1 is 1.21 bits per heavy atom. The third-order valence-corrected chi connectivity index (χ3v) is 9.84. The lowest BCUT2D eigenvalue weighted by Crippen LogP contribution is -2.94. The third kappa shape index (κ3) is 5.55. The van der Waals surface area contributed by atoms with E-state index >= 15 is 0 Å². The van der Waals surface area contributed by atoms with Gasteiger partial charge in [-0.2, -0.15) is 0 Å². The summed E-state index contributed by atoms with van der Waals surface area (Å²) in [6, 6.07) is 0. The number of ether oxygens (including phenoxy) is 4. The van der Waals surface area contributed by atoms with Crippen LogP contribution in [0.4, 0.5) is 0 Å². The molecule has 0 amide bonds. The Morgan fingerprint density at radius 2 is 2.00 bits per heavy atom. The molecular formula is C28H49N3O7+2. The van der Waals surface area contributed by atoms with Gasteiger partial charge in [-0.3, -0.25) is 10.5 Å². The number of carbonyl (C=O) groups excluding carboxylic acids is 2. The Bertz CT molecular complexity index is 887. The van der Waals surface area contributed by atoms with E-state index in [9.17, 15) is 14.7 Å². The highest BCUT2D eigenvalue weighted by molar-refractivity contribution is 5.84. The van der Waals surface area contributed by atoms with Crippen molar-refractivity contribution < 1.29 is 44.3 Å². The highest BCUT2D eigenvalue weighted by Crippen LogP contribution is 2.49. The minimum absolute atomic E-state index is 0.0545. The first-order valence-electron chi connectivity index (χ1n) is 14.8. The molecule has 38 heavy (non-hydrogen) atoms. The molecular weight excluding hydrogens is 490 g/mol. The summed E-state index contributed by atoms with van der Waals surface area (Å²) >= 11 is 0. The number of esters is 1. The molecule has 11 atom stereocenters. The number of aliphatic hydroxyl groups excluding tert-OH is 1. The molecule has 4 saturated heterocycles. The van der Waals surface area contributed by atoms with Crippen LogP contribution in [0, 0.1) is 17.8 Å². The number of rotatable bonds is 8. The Balaban J connectivity index is 1.24. The predicted molar refractivity (Wildman–Crippen MR) is 137 cm³/mol. The van der Waals surface area contributed by atoms with E-state index in [-0.39, 0.29) is 48.3 Å². The first kappa shape index (κ1) is 28.4. The van der Waals surface area contributed by atoms with Crippen molar-refractivity contribution in [3.05, 3.63) is 0 Å². The zero-order valence-corrected chi connectivity index (χ0v) is 23.5. The highest BCUT2D eigenvalue weighted by Gasteiger charge is 2.65. The van der Waals surface area contributed by atoms with Crippen LogP contribution in [0.15, 0.2) is 0 Å². The maximum absolute atomic E-state index is 13.7. The first-order valence-corrected chi connectivity index (χ1v) is 14.8. The number of aliphatic hydroxyl groups is 1. The average Bonchev–Trinajstić information content (AvgIpc) is 3.56. The Labute approximate surface area is 226 Å². The van der Waals surface area contributed by atoms with E-state index in [4.69, 9.17) is 24.7 Å². The van der Waals surface area contributed by atoms with Crippen LogP contribution in [0.5, 0.6) is 0 Å².